The van der Waals surface area contributed by atoms with Crippen molar-refractivity contribution in [1.29, 1.82) is 0 Å². The molecule has 0 unspecified atom stereocenters. The van der Waals surface area contributed by atoms with Gasteiger partial charge in [-0.15, -0.1) is 0 Å². The normalized spacial score (nSPS) is 16.3. The summed E-state index contributed by atoms with van der Waals surface area (Å²) in [6.45, 7) is 4.32. The number of morpholine rings is 1. The Hall–Kier alpha value is -3.11. The van der Waals surface area contributed by atoms with Crippen molar-refractivity contribution >= 4 is 5.91 Å². The van der Waals surface area contributed by atoms with Gasteiger partial charge in [-0.3, -0.25) is 9.69 Å². The number of furan rings is 1. The number of carbonyl (C=O) groups excluding carboxylic acids is 1. The molecule has 1 aliphatic heterocycles. The minimum absolute atomic E-state index is 0.168. The van der Waals surface area contributed by atoms with Gasteiger partial charge in [-0.1, -0.05) is 0 Å². The molecule has 174 valence electrons. The Balaban J connectivity index is 1.36. The maximum atomic E-state index is 13.7. The van der Waals surface area contributed by atoms with Gasteiger partial charge in [0, 0.05) is 49.3 Å². The molecule has 33 heavy (non-hydrogen) atoms. The van der Waals surface area contributed by atoms with Crippen molar-refractivity contribution in [3.63, 3.8) is 0 Å². The number of halogens is 3. The minimum atomic E-state index is -4.56. The number of benzene rings is 1. The van der Waals surface area contributed by atoms with Gasteiger partial charge < -0.3 is 14.5 Å². The maximum absolute atomic E-state index is 13.7. The van der Waals surface area contributed by atoms with Crippen molar-refractivity contribution in [1.82, 2.24) is 20.0 Å². The lowest BCUT2D eigenvalue weighted by Gasteiger charge is -2.26. The van der Waals surface area contributed by atoms with Crippen molar-refractivity contribution in [2.75, 3.05) is 39.4 Å². The van der Waals surface area contributed by atoms with Gasteiger partial charge in [0.05, 0.1) is 30.9 Å². The van der Waals surface area contributed by atoms with Crippen LogP contribution in [0.1, 0.15) is 27.4 Å². The molecule has 0 saturated carbocycles. The highest BCUT2D eigenvalue weighted by molar-refractivity contribution is 5.94. The van der Waals surface area contributed by atoms with Crippen LogP contribution >= 0.6 is 0 Å². The van der Waals surface area contributed by atoms with E-state index in [2.05, 4.69) is 15.3 Å². The molecular weight excluding hydrogens is 437 g/mol. The molecule has 1 aromatic carbocycles. The number of hydrogen-bond donors (Lipinski definition) is 1. The van der Waals surface area contributed by atoms with Crippen molar-refractivity contribution in [3.8, 4) is 16.9 Å². The van der Waals surface area contributed by atoms with Crippen LogP contribution in [0.25, 0.3) is 16.9 Å². The molecule has 3 aromatic rings. The van der Waals surface area contributed by atoms with E-state index in [9.17, 15) is 18.0 Å². The van der Waals surface area contributed by atoms with Gasteiger partial charge in [-0.05, 0) is 36.8 Å². The molecule has 10 heteroatoms. The van der Waals surface area contributed by atoms with Crippen LogP contribution in [-0.4, -0.2) is 60.0 Å². The summed E-state index contributed by atoms with van der Waals surface area (Å²) in [6, 6.07) is 8.08. The highest BCUT2D eigenvalue weighted by Gasteiger charge is 2.41. The Labute approximate surface area is 188 Å². The molecule has 3 heterocycles. The highest BCUT2D eigenvalue weighted by atomic mass is 19.4. The van der Waals surface area contributed by atoms with Gasteiger partial charge in [0.25, 0.3) is 5.91 Å². The molecule has 2 aromatic heterocycles. The number of aromatic nitrogens is 2. The van der Waals surface area contributed by atoms with E-state index < -0.39 is 11.9 Å². The summed E-state index contributed by atoms with van der Waals surface area (Å²) in [7, 11) is 0. The molecule has 0 radical (unpaired) electrons. The van der Waals surface area contributed by atoms with E-state index in [1.54, 1.807) is 30.3 Å². The topological polar surface area (TPSA) is 72.5 Å². The third-order valence-corrected chi connectivity index (χ3v) is 6.05. The Kier molecular flexibility index (Phi) is 5.71. The molecule has 0 bridgehead atoms. The molecule has 0 atom stereocenters. The number of fused-ring (bicyclic) bond motifs is 3. The number of nitrogens with zero attached hydrogens (tertiary/aromatic N) is 3. The monoisotopic (exact) mass is 460 g/mol. The van der Waals surface area contributed by atoms with Crippen LogP contribution in [0, 0.1) is 0 Å². The number of ether oxygens (including phenoxy) is 1. The lowest BCUT2D eigenvalue weighted by Crippen LogP contribution is -2.41. The third kappa shape index (κ3) is 4.28. The SMILES string of the molecule is O=C(NCCN1CCOCC1)c1ccc(-n2nc(C(F)(F)F)c3c2-c2ccoc2CC3)cc1. The van der Waals surface area contributed by atoms with E-state index in [0.717, 1.165) is 19.6 Å². The molecule has 1 fully saturated rings. The van der Waals surface area contributed by atoms with Crippen LogP contribution in [0.3, 0.4) is 0 Å². The summed E-state index contributed by atoms with van der Waals surface area (Å²) < 4.78 is 53.1. The number of rotatable bonds is 5. The first-order valence-corrected chi connectivity index (χ1v) is 10.9. The van der Waals surface area contributed by atoms with Crippen molar-refractivity contribution in [3.05, 3.63) is 59.2 Å². The van der Waals surface area contributed by atoms with E-state index in [1.807, 2.05) is 0 Å². The smallest absolute Gasteiger partial charge is 0.435 e. The summed E-state index contributed by atoms with van der Waals surface area (Å²) in [5, 5.41) is 6.81. The van der Waals surface area contributed by atoms with E-state index >= 15 is 0 Å². The van der Waals surface area contributed by atoms with Crippen LogP contribution in [-0.2, 0) is 23.8 Å². The zero-order chi connectivity index (χ0) is 23.0. The number of carbonyl (C=O) groups is 1. The second kappa shape index (κ2) is 8.68. The molecule has 1 N–H and O–H groups in total. The number of hydrogen-bond acceptors (Lipinski definition) is 5. The first-order chi connectivity index (χ1) is 15.9. The van der Waals surface area contributed by atoms with Gasteiger partial charge in [0.1, 0.15) is 5.76 Å². The molecule has 1 amide bonds. The van der Waals surface area contributed by atoms with E-state index in [1.165, 1.54) is 10.9 Å². The molecule has 1 saturated heterocycles. The first kappa shape index (κ1) is 21.7. The molecule has 7 nitrogen and oxygen atoms in total. The van der Waals surface area contributed by atoms with Gasteiger partial charge in [0.15, 0.2) is 5.69 Å². The highest BCUT2D eigenvalue weighted by Crippen LogP contribution is 2.42. The number of nitrogens with one attached hydrogen (secondary N) is 1. The van der Waals surface area contributed by atoms with Crippen LogP contribution < -0.4 is 5.32 Å². The Morgan fingerprint density at radius 3 is 2.58 bits per heavy atom. The second-order valence-corrected chi connectivity index (χ2v) is 8.10. The Bertz CT molecular complexity index is 1140. The van der Waals surface area contributed by atoms with Crippen molar-refractivity contribution in [2.24, 2.45) is 0 Å². The molecule has 1 aliphatic carbocycles. The van der Waals surface area contributed by atoms with Crippen LogP contribution in [0.15, 0.2) is 41.0 Å². The molecule has 5 rings (SSSR count). The average Bonchev–Trinajstić information content (AvgIpc) is 3.44. The first-order valence-electron chi connectivity index (χ1n) is 10.9. The largest absolute Gasteiger partial charge is 0.469 e. The minimum Gasteiger partial charge on any atom is -0.469 e. The summed E-state index contributed by atoms with van der Waals surface area (Å²) in [4.78, 5) is 14.7. The standard InChI is InChI=1S/C23H23F3N4O3/c24-23(25,26)21-18-5-6-19-17(7-12-33-19)20(18)30(28-21)16-3-1-15(2-4-16)22(31)27-8-9-29-10-13-32-14-11-29/h1-4,7,12H,5-6,8-11,13-14H2,(H,27,31). The maximum Gasteiger partial charge on any atom is 0.435 e. The van der Waals surface area contributed by atoms with Crippen LogP contribution in [0.4, 0.5) is 13.2 Å². The summed E-state index contributed by atoms with van der Waals surface area (Å²) in [6.07, 6.45) is -2.48. The molecular formula is C23H23F3N4O3. The molecule has 0 spiro atoms. The Morgan fingerprint density at radius 2 is 1.85 bits per heavy atom. The zero-order valence-electron chi connectivity index (χ0n) is 17.8. The lowest BCUT2D eigenvalue weighted by atomic mass is 9.94. The third-order valence-electron chi connectivity index (χ3n) is 6.05. The van der Waals surface area contributed by atoms with Gasteiger partial charge in [0.2, 0.25) is 0 Å². The zero-order valence-corrected chi connectivity index (χ0v) is 17.8. The average molecular weight is 460 g/mol. The van der Waals surface area contributed by atoms with E-state index in [0.29, 0.717) is 54.4 Å². The fourth-order valence-corrected chi connectivity index (χ4v) is 4.37. The number of amides is 1. The number of aryl methyl sites for hydroxylation is 1. The predicted octanol–water partition coefficient (Wildman–Crippen LogP) is 3.31. The van der Waals surface area contributed by atoms with Gasteiger partial charge in [-0.25, -0.2) is 4.68 Å². The van der Waals surface area contributed by atoms with E-state index in [-0.39, 0.29) is 17.9 Å². The van der Waals surface area contributed by atoms with Crippen LogP contribution in [0.5, 0.6) is 0 Å². The summed E-state index contributed by atoms with van der Waals surface area (Å²) in [5.41, 5.74) is 1.17. The molecule has 2 aliphatic rings. The fourth-order valence-electron chi connectivity index (χ4n) is 4.37. The lowest BCUT2D eigenvalue weighted by molar-refractivity contribution is -0.142. The van der Waals surface area contributed by atoms with E-state index in [4.69, 9.17) is 9.15 Å². The number of alkyl halides is 3. The Morgan fingerprint density at radius 1 is 1.09 bits per heavy atom. The second-order valence-electron chi connectivity index (χ2n) is 8.10. The fraction of sp³-hybridized carbons (Fsp3) is 0.391. The summed E-state index contributed by atoms with van der Waals surface area (Å²) >= 11 is 0. The van der Waals surface area contributed by atoms with Gasteiger partial charge >= 0.3 is 6.18 Å². The summed E-state index contributed by atoms with van der Waals surface area (Å²) in [5.74, 6) is 0.416. The van der Waals surface area contributed by atoms with Crippen molar-refractivity contribution < 1.29 is 27.1 Å². The quantitative estimate of drug-likeness (QED) is 0.633. The van der Waals surface area contributed by atoms with Crippen molar-refractivity contribution in [2.45, 2.75) is 19.0 Å². The predicted molar refractivity (Wildman–Crippen MR) is 113 cm³/mol. The van der Waals surface area contributed by atoms with Crippen LogP contribution in [0.2, 0.25) is 0 Å². The van der Waals surface area contributed by atoms with Gasteiger partial charge in [-0.2, -0.15) is 18.3 Å².